The molecule has 0 aromatic heterocycles. The molecule has 0 saturated carbocycles. The molecule has 260 valence electrons. The second kappa shape index (κ2) is 18.9. The van der Waals surface area contributed by atoms with Crippen molar-refractivity contribution < 1.29 is 33.4 Å². The summed E-state index contributed by atoms with van der Waals surface area (Å²) in [6.45, 7) is 10.2. The fourth-order valence-corrected chi connectivity index (χ4v) is 6.56. The fraction of sp³-hybridized carbons (Fsp3) is 0.706. The third kappa shape index (κ3) is 9.97. The maximum Gasteiger partial charge on any atom is 0.328 e. The van der Waals surface area contributed by atoms with Crippen molar-refractivity contribution >= 4 is 23.7 Å². The Morgan fingerprint density at radius 3 is 2.22 bits per heavy atom. The number of methoxy groups -OCH3 is 3. The van der Waals surface area contributed by atoms with Gasteiger partial charge in [0.25, 0.3) is 0 Å². The molecule has 4 N–H and O–H groups in total. The van der Waals surface area contributed by atoms with Crippen LogP contribution in [0.2, 0.25) is 0 Å². The average Bonchev–Trinajstić information content (AvgIpc) is 3.53. The topological polar surface area (TPSA) is 153 Å². The zero-order valence-electron chi connectivity index (χ0n) is 29.2. The summed E-state index contributed by atoms with van der Waals surface area (Å²) in [6.07, 6.45) is 1.36. The summed E-state index contributed by atoms with van der Waals surface area (Å²) in [4.78, 5) is 56.9. The quantitative estimate of drug-likeness (QED) is 0.124. The van der Waals surface area contributed by atoms with E-state index in [2.05, 4.69) is 10.7 Å². The van der Waals surface area contributed by atoms with Crippen LogP contribution in [0.1, 0.15) is 65.9 Å². The first-order valence-electron chi connectivity index (χ1n) is 16.4. The van der Waals surface area contributed by atoms with E-state index in [-0.39, 0.29) is 54.5 Å². The molecule has 1 fully saturated rings. The van der Waals surface area contributed by atoms with Crippen LogP contribution in [0.5, 0.6) is 0 Å². The number of nitrogens with zero attached hydrogens (tertiary/aromatic N) is 2. The van der Waals surface area contributed by atoms with E-state index in [1.807, 2.05) is 58.0 Å². The minimum absolute atomic E-state index is 0.0306. The highest BCUT2D eigenvalue weighted by Gasteiger charge is 2.43. The highest BCUT2D eigenvalue weighted by Crippen LogP contribution is 2.29. The predicted octanol–water partition coefficient (Wildman–Crippen LogP) is 2.30. The van der Waals surface area contributed by atoms with Crippen molar-refractivity contribution in [2.75, 3.05) is 34.9 Å². The van der Waals surface area contributed by atoms with Crippen LogP contribution in [0.3, 0.4) is 0 Å². The van der Waals surface area contributed by atoms with Crippen molar-refractivity contribution in [3.05, 3.63) is 35.9 Å². The van der Waals surface area contributed by atoms with Crippen LogP contribution in [0.25, 0.3) is 0 Å². The van der Waals surface area contributed by atoms with Gasteiger partial charge >= 0.3 is 5.97 Å². The molecular formula is C34H57N5O7. The Morgan fingerprint density at radius 1 is 1.04 bits per heavy atom. The number of nitrogens with two attached hydrogens (primary N) is 1. The number of carbonyl (C=O) groups excluding carboxylic acids is 4. The minimum Gasteiger partial charge on any atom is -0.467 e. The second-order valence-electron chi connectivity index (χ2n) is 12.8. The summed E-state index contributed by atoms with van der Waals surface area (Å²) in [5.74, 6) is 3.87. The molecule has 0 aliphatic carbocycles. The molecule has 12 nitrogen and oxygen atoms in total. The zero-order valence-corrected chi connectivity index (χ0v) is 29.2. The molecule has 2 rings (SSSR count). The molecule has 1 saturated heterocycles. The van der Waals surface area contributed by atoms with E-state index in [0.717, 1.165) is 18.4 Å². The number of benzene rings is 1. The van der Waals surface area contributed by atoms with Gasteiger partial charge in [0.1, 0.15) is 12.1 Å². The number of nitrogens with one attached hydrogen (secondary N) is 2. The number of rotatable bonds is 18. The van der Waals surface area contributed by atoms with Gasteiger partial charge in [-0.1, -0.05) is 71.4 Å². The van der Waals surface area contributed by atoms with E-state index < -0.39 is 36.2 Å². The number of hydrogen-bond donors (Lipinski definition) is 3. The number of hydrogen-bond acceptors (Lipinski definition) is 9. The van der Waals surface area contributed by atoms with Gasteiger partial charge in [-0.15, -0.1) is 0 Å². The van der Waals surface area contributed by atoms with Gasteiger partial charge in [-0.25, -0.2) is 10.2 Å². The molecule has 0 unspecified atom stereocenters. The van der Waals surface area contributed by atoms with Crippen molar-refractivity contribution in [3.63, 3.8) is 0 Å². The molecule has 1 aromatic carbocycles. The maximum atomic E-state index is 13.9. The molecule has 46 heavy (non-hydrogen) atoms. The Bertz CT molecular complexity index is 1120. The van der Waals surface area contributed by atoms with Crippen molar-refractivity contribution in [2.45, 2.75) is 103 Å². The largest absolute Gasteiger partial charge is 0.467 e. The van der Waals surface area contributed by atoms with Gasteiger partial charge in [-0.2, -0.15) is 0 Å². The number of likely N-dealkylation sites (tertiary alicyclic amines) is 1. The van der Waals surface area contributed by atoms with Gasteiger partial charge in [0.2, 0.25) is 17.7 Å². The van der Waals surface area contributed by atoms with Gasteiger partial charge in [-0.05, 0) is 30.2 Å². The molecule has 1 aliphatic heterocycles. The van der Waals surface area contributed by atoms with E-state index in [1.54, 1.807) is 30.9 Å². The third-order valence-corrected chi connectivity index (χ3v) is 9.46. The van der Waals surface area contributed by atoms with E-state index in [0.29, 0.717) is 13.0 Å². The lowest BCUT2D eigenvalue weighted by atomic mass is 9.89. The Balaban J connectivity index is 2.23. The standard InChI is InChI=1S/C34H57N5O7/c1-10-22(4)30(38(6)33(42)29(37-35)21(2)3)27(44-7)20-28(40)39-18-14-17-26(39)31(45-8)23(5)32(41)36-25(34(43)46-9)19-24-15-12-11-13-16-24/h11-13,15-16,21-23,25-27,29-31,37H,10,14,17-20,35H2,1-9H3,(H,36,41)/t22-,23+,25-,26-,27+,29-,30-,31+/m0/s1. The molecule has 1 aliphatic rings. The van der Waals surface area contributed by atoms with Crippen LogP contribution in [0, 0.1) is 17.8 Å². The van der Waals surface area contributed by atoms with Crippen molar-refractivity contribution in [3.8, 4) is 0 Å². The monoisotopic (exact) mass is 647 g/mol. The fourth-order valence-electron chi connectivity index (χ4n) is 6.56. The van der Waals surface area contributed by atoms with Crippen molar-refractivity contribution in [1.29, 1.82) is 0 Å². The first-order valence-corrected chi connectivity index (χ1v) is 16.4. The van der Waals surface area contributed by atoms with Crippen LogP contribution in [0.4, 0.5) is 0 Å². The van der Waals surface area contributed by atoms with Gasteiger partial charge < -0.3 is 29.3 Å². The van der Waals surface area contributed by atoms with E-state index in [4.69, 9.17) is 20.1 Å². The summed E-state index contributed by atoms with van der Waals surface area (Å²) in [6, 6.07) is 7.23. The lowest BCUT2D eigenvalue weighted by molar-refractivity contribution is -0.148. The van der Waals surface area contributed by atoms with Crippen LogP contribution in [0.15, 0.2) is 30.3 Å². The Labute approximate surface area is 275 Å². The molecule has 12 heteroatoms. The zero-order chi connectivity index (χ0) is 34.6. The Hall–Kier alpha value is -3.06. The number of amides is 3. The molecule has 3 amide bonds. The average molecular weight is 648 g/mol. The molecule has 0 spiro atoms. The predicted molar refractivity (Wildman–Crippen MR) is 176 cm³/mol. The summed E-state index contributed by atoms with van der Waals surface area (Å²) < 4.78 is 16.8. The highest BCUT2D eigenvalue weighted by molar-refractivity contribution is 5.86. The third-order valence-electron chi connectivity index (χ3n) is 9.46. The molecule has 0 radical (unpaired) electrons. The molecule has 8 atom stereocenters. The van der Waals surface area contributed by atoms with Gasteiger partial charge in [-0.3, -0.25) is 20.2 Å². The smallest absolute Gasteiger partial charge is 0.328 e. The second-order valence-corrected chi connectivity index (χ2v) is 12.8. The van der Waals surface area contributed by atoms with E-state index in [1.165, 1.54) is 14.2 Å². The van der Waals surface area contributed by atoms with Crippen molar-refractivity contribution in [1.82, 2.24) is 20.5 Å². The van der Waals surface area contributed by atoms with Crippen molar-refractivity contribution in [2.24, 2.45) is 23.6 Å². The molecule has 1 aromatic rings. The number of hydrazine groups is 1. The van der Waals surface area contributed by atoms with Crippen LogP contribution in [-0.4, -0.2) is 105 Å². The normalized spacial score (nSPS) is 19.5. The number of esters is 1. The van der Waals surface area contributed by atoms with Crippen LogP contribution in [-0.2, 0) is 39.8 Å². The SMILES string of the molecule is CC[C@H](C)[C@@H]([C@@H](CC(=O)N1CCC[C@H]1[C@H](OC)[C@@H](C)C(=O)N[C@@H](Cc1ccccc1)C(=O)OC)OC)N(C)C(=O)[C@@H](NN)C(C)C. The van der Waals surface area contributed by atoms with Gasteiger partial charge in [0.05, 0.1) is 43.7 Å². The molecule has 0 bridgehead atoms. The van der Waals surface area contributed by atoms with Crippen LogP contribution < -0.4 is 16.6 Å². The number of ether oxygens (including phenoxy) is 3. The molecular weight excluding hydrogens is 590 g/mol. The number of carbonyl (C=O) groups is 4. The first kappa shape index (κ1) is 39.1. The minimum atomic E-state index is -0.870. The Kier molecular flexibility index (Phi) is 16.1. The summed E-state index contributed by atoms with van der Waals surface area (Å²) in [5.41, 5.74) is 3.52. The van der Waals surface area contributed by atoms with E-state index in [9.17, 15) is 19.2 Å². The number of likely N-dealkylation sites (N-methyl/N-ethyl adjacent to an activating group) is 1. The lowest BCUT2D eigenvalue weighted by Crippen LogP contribution is -2.58. The lowest BCUT2D eigenvalue weighted by Gasteiger charge is -2.40. The van der Waals surface area contributed by atoms with Gasteiger partial charge in [0, 0.05) is 34.2 Å². The highest BCUT2D eigenvalue weighted by atomic mass is 16.5. The van der Waals surface area contributed by atoms with Crippen LogP contribution >= 0.6 is 0 Å². The summed E-state index contributed by atoms with van der Waals surface area (Å²) in [7, 11) is 6.12. The maximum absolute atomic E-state index is 13.9. The molecule has 1 heterocycles. The summed E-state index contributed by atoms with van der Waals surface area (Å²) in [5, 5.41) is 2.85. The van der Waals surface area contributed by atoms with Gasteiger partial charge in [0.15, 0.2) is 0 Å². The first-order chi connectivity index (χ1) is 21.9. The summed E-state index contributed by atoms with van der Waals surface area (Å²) >= 11 is 0. The van der Waals surface area contributed by atoms with E-state index >= 15 is 0 Å². The Morgan fingerprint density at radius 2 is 1.70 bits per heavy atom.